The monoisotopic (exact) mass is 939 g/mol. The molecule has 0 spiro atoms. The summed E-state index contributed by atoms with van der Waals surface area (Å²) in [5.41, 5.74) is 4.58. The third kappa shape index (κ3) is 26.5. The summed E-state index contributed by atoms with van der Waals surface area (Å²) in [5, 5.41) is 20.9. The number of nitrogens with two attached hydrogens (primary N) is 1. The van der Waals surface area contributed by atoms with E-state index in [0.717, 1.165) is 67.8 Å². The van der Waals surface area contributed by atoms with Crippen molar-refractivity contribution >= 4 is 33.4 Å². The summed E-state index contributed by atoms with van der Waals surface area (Å²) < 4.78 is 56.6. The average Bonchev–Trinajstić information content (AvgIpc) is 3.48. The van der Waals surface area contributed by atoms with Crippen LogP contribution in [0.5, 0.6) is 0 Å². The Labute approximate surface area is 374 Å². The number of hydrogen-bond donors (Lipinski definition) is 5. The zero-order valence-electron chi connectivity index (χ0n) is 38.2. The lowest BCUT2D eigenvalue weighted by Gasteiger charge is -2.21. The number of rotatable bonds is 37. The molecule has 0 amide bonds. The first-order valence-corrected chi connectivity index (χ1v) is 26.3. The van der Waals surface area contributed by atoms with E-state index in [2.05, 4.69) is 37.0 Å². The molecule has 18 nitrogen and oxygen atoms in total. The predicted molar refractivity (Wildman–Crippen MR) is 238 cm³/mol. The van der Waals surface area contributed by atoms with Crippen molar-refractivity contribution in [3.63, 3.8) is 0 Å². The Bertz CT molecular complexity index is 1580. The average molecular weight is 940 g/mol. The molecule has 1 aliphatic heterocycles. The van der Waals surface area contributed by atoms with Crippen LogP contribution in [0.25, 0.3) is 0 Å². The van der Waals surface area contributed by atoms with Crippen LogP contribution in [0.15, 0.2) is 17.1 Å². The van der Waals surface area contributed by atoms with Gasteiger partial charge in [0, 0.05) is 19.0 Å². The van der Waals surface area contributed by atoms with Gasteiger partial charge < -0.3 is 39.9 Å². The Balaban J connectivity index is 1.83. The van der Waals surface area contributed by atoms with Gasteiger partial charge in [0.25, 0.3) is 0 Å². The normalized spacial score (nSPS) is 20.2. The molecule has 1 aliphatic rings. The highest BCUT2D eigenvalue weighted by molar-refractivity contribution is 7.61. The number of carbonyl (C=O) groups is 2. The van der Waals surface area contributed by atoms with Crippen LogP contribution >= 0.6 is 15.6 Å². The number of aliphatic hydroxyl groups excluding tert-OH is 2. The first kappa shape index (κ1) is 56.9. The van der Waals surface area contributed by atoms with E-state index in [1.165, 1.54) is 82.9 Å². The van der Waals surface area contributed by atoms with E-state index in [1.54, 1.807) is 0 Å². The van der Waals surface area contributed by atoms with Crippen LogP contribution in [-0.4, -0.2) is 85.7 Å². The largest absolute Gasteiger partial charge is 0.481 e. The molecular weight excluding hydrogens is 860 g/mol. The lowest BCUT2D eigenvalue weighted by molar-refractivity contribution is -0.161. The highest BCUT2D eigenvalue weighted by Gasteiger charge is 2.46. The Morgan fingerprint density at radius 1 is 0.714 bits per heavy atom. The molecular formula is C43H79N3O15P2. The van der Waals surface area contributed by atoms with Crippen LogP contribution < -0.4 is 11.4 Å². The van der Waals surface area contributed by atoms with Crippen molar-refractivity contribution in [2.24, 2.45) is 11.8 Å². The molecule has 0 bridgehead atoms. The van der Waals surface area contributed by atoms with Crippen LogP contribution in [0, 0.1) is 11.8 Å². The van der Waals surface area contributed by atoms with Gasteiger partial charge in [-0.3, -0.25) is 23.2 Å². The summed E-state index contributed by atoms with van der Waals surface area (Å²) in [7, 11) is -10.8. The van der Waals surface area contributed by atoms with Gasteiger partial charge in [-0.05, 0) is 30.7 Å². The van der Waals surface area contributed by atoms with Crippen molar-refractivity contribution < 1.29 is 66.3 Å². The highest BCUT2D eigenvalue weighted by Crippen LogP contribution is 2.60. The van der Waals surface area contributed by atoms with Gasteiger partial charge in [0.1, 0.15) is 30.7 Å². The van der Waals surface area contributed by atoms with Crippen molar-refractivity contribution in [3.05, 3.63) is 22.7 Å². The van der Waals surface area contributed by atoms with E-state index >= 15 is 0 Å². The molecule has 63 heavy (non-hydrogen) atoms. The van der Waals surface area contributed by atoms with E-state index < -0.39 is 83.7 Å². The van der Waals surface area contributed by atoms with Crippen molar-refractivity contribution in [2.75, 3.05) is 25.6 Å². The van der Waals surface area contributed by atoms with E-state index in [9.17, 15) is 43.5 Å². The van der Waals surface area contributed by atoms with Crippen LogP contribution in [0.2, 0.25) is 0 Å². The molecule has 0 aromatic carbocycles. The number of esters is 2. The first-order valence-electron chi connectivity index (χ1n) is 23.3. The lowest BCUT2D eigenvalue weighted by atomic mass is 10.0. The van der Waals surface area contributed by atoms with Crippen LogP contribution in [0.1, 0.15) is 182 Å². The molecule has 1 aromatic heterocycles. The SMILES string of the molecule is CC(C)CCCCCCCCCCCCC(=O)OC[C@H](COP(=O)(O)OP(=O)(O)OC[C@H]1O[C@@H](n2ccc(N)nc2=O)C(O)[C@H]1O)OC(=O)CCCCCCCCCCCC(C)C. The second-order valence-electron chi connectivity index (χ2n) is 17.6. The zero-order valence-corrected chi connectivity index (χ0v) is 40.0. The predicted octanol–water partition coefficient (Wildman–Crippen LogP) is 8.43. The first-order chi connectivity index (χ1) is 29.9. The van der Waals surface area contributed by atoms with Gasteiger partial charge in [-0.25, -0.2) is 13.9 Å². The molecule has 2 rings (SSSR count). The molecule has 1 aromatic rings. The number of aliphatic hydroxyl groups is 2. The molecule has 20 heteroatoms. The standard InChI is InChI=1S/C43H79N3O15P2/c1-33(2)24-20-16-12-8-5-6-10-14-18-22-26-38(47)56-30-35(59-39(48)27-23-19-15-11-7-9-13-17-21-25-34(3)4)31-57-62(52,53)61-63(54,55)58-32-36-40(49)41(50)42(60-36)46-29-28-37(44)45-43(46)51/h28-29,33-36,40-42,49-50H,5-27,30-32H2,1-4H3,(H,52,53)(H,54,55)(H2,44,45,51)/t35-,36-,40+,41?,42-/m1/s1. The van der Waals surface area contributed by atoms with Gasteiger partial charge in [0.2, 0.25) is 0 Å². The minimum Gasteiger partial charge on any atom is -0.462 e. The van der Waals surface area contributed by atoms with Gasteiger partial charge >= 0.3 is 33.3 Å². The van der Waals surface area contributed by atoms with E-state index in [4.69, 9.17) is 29.0 Å². The second-order valence-corrected chi connectivity index (χ2v) is 20.6. The molecule has 6 N–H and O–H groups in total. The minimum absolute atomic E-state index is 0.0544. The minimum atomic E-state index is -5.41. The maximum atomic E-state index is 12.8. The molecule has 1 saturated heterocycles. The van der Waals surface area contributed by atoms with Crippen molar-refractivity contribution in [1.82, 2.24) is 9.55 Å². The highest BCUT2D eigenvalue weighted by atomic mass is 31.3. The second kappa shape index (κ2) is 31.6. The Hall–Kier alpha value is -2.24. The maximum Gasteiger partial charge on any atom is 0.481 e. The van der Waals surface area contributed by atoms with Crippen molar-refractivity contribution in [1.29, 1.82) is 0 Å². The third-order valence-corrected chi connectivity index (χ3v) is 13.4. The molecule has 0 saturated carbocycles. The number of nitrogen functional groups attached to an aromatic ring is 1. The van der Waals surface area contributed by atoms with Gasteiger partial charge in [0.05, 0.1) is 13.2 Å². The summed E-state index contributed by atoms with van der Waals surface area (Å²) in [6.07, 6.45) is 16.6. The fourth-order valence-electron chi connectivity index (χ4n) is 7.15. The van der Waals surface area contributed by atoms with Crippen LogP contribution in [0.3, 0.4) is 0 Å². The zero-order chi connectivity index (χ0) is 46.7. The van der Waals surface area contributed by atoms with Gasteiger partial charge in [-0.2, -0.15) is 9.29 Å². The molecule has 7 atom stereocenters. The third-order valence-electron chi connectivity index (χ3n) is 10.8. The lowest BCUT2D eigenvalue weighted by Crippen LogP contribution is -2.36. The number of anilines is 1. The Kier molecular flexibility index (Phi) is 28.6. The number of hydrogen-bond acceptors (Lipinski definition) is 15. The number of nitrogens with zero attached hydrogens (tertiary/aromatic N) is 2. The Morgan fingerprint density at radius 3 is 1.67 bits per heavy atom. The molecule has 1 fully saturated rings. The smallest absolute Gasteiger partial charge is 0.462 e. The van der Waals surface area contributed by atoms with Crippen LogP contribution in [0.4, 0.5) is 5.82 Å². The number of phosphoric ester groups is 2. The topological polar surface area (TPSA) is 265 Å². The summed E-state index contributed by atoms with van der Waals surface area (Å²) in [6.45, 7) is 6.70. The number of carbonyl (C=O) groups excluding carboxylic acids is 2. The Morgan fingerprint density at radius 2 is 1.17 bits per heavy atom. The number of unbranched alkanes of at least 4 members (excludes halogenated alkanes) is 17. The van der Waals surface area contributed by atoms with Gasteiger partial charge in [-0.1, -0.05) is 150 Å². The van der Waals surface area contributed by atoms with Gasteiger partial charge in [0.15, 0.2) is 12.3 Å². The van der Waals surface area contributed by atoms with Crippen molar-refractivity contribution in [2.45, 2.75) is 206 Å². The summed E-state index contributed by atoms with van der Waals surface area (Å²) in [5.74, 6) is 0.201. The van der Waals surface area contributed by atoms with E-state index in [-0.39, 0.29) is 18.7 Å². The maximum absolute atomic E-state index is 12.8. The molecule has 0 aliphatic carbocycles. The number of ether oxygens (including phenoxy) is 3. The quantitative estimate of drug-likeness (QED) is 0.0238. The van der Waals surface area contributed by atoms with E-state index in [0.29, 0.717) is 12.8 Å². The molecule has 3 unspecified atom stereocenters. The summed E-state index contributed by atoms with van der Waals surface area (Å²) >= 11 is 0. The summed E-state index contributed by atoms with van der Waals surface area (Å²) in [6, 6.07) is 1.25. The fourth-order valence-corrected chi connectivity index (χ4v) is 9.26. The van der Waals surface area contributed by atoms with Crippen LogP contribution in [-0.2, 0) is 46.3 Å². The number of aromatic nitrogens is 2. The number of phosphoric acid groups is 2. The fraction of sp³-hybridized carbons (Fsp3) is 0.860. The van der Waals surface area contributed by atoms with E-state index in [1.807, 2.05) is 0 Å². The molecule has 2 heterocycles. The molecule has 366 valence electrons. The van der Waals surface area contributed by atoms with Gasteiger partial charge in [-0.15, -0.1) is 0 Å². The molecule has 0 radical (unpaired) electrons. The van der Waals surface area contributed by atoms with Crippen molar-refractivity contribution in [3.8, 4) is 0 Å². The summed E-state index contributed by atoms with van der Waals surface area (Å²) in [4.78, 5) is 61.7.